The smallest absolute Gasteiger partial charge is 0.227 e. The summed E-state index contributed by atoms with van der Waals surface area (Å²) in [6, 6.07) is 0. The molecule has 0 spiro atoms. The average molecular weight is 289 g/mol. The normalized spacial score (nSPS) is 36.3. The summed E-state index contributed by atoms with van der Waals surface area (Å²) in [6.45, 7) is 6.24. The molecule has 112 valence electrons. The first kappa shape index (κ1) is 16.8. The van der Waals surface area contributed by atoms with Gasteiger partial charge in [-0.1, -0.05) is 19.8 Å². The van der Waals surface area contributed by atoms with Gasteiger partial charge in [-0.2, -0.15) is 0 Å². The fourth-order valence-corrected chi connectivity index (χ4v) is 3.47. The van der Waals surface area contributed by atoms with Crippen LogP contribution >= 0.6 is 12.4 Å². The van der Waals surface area contributed by atoms with Crippen molar-refractivity contribution in [3.8, 4) is 0 Å². The second-order valence-corrected chi connectivity index (χ2v) is 6.67. The minimum absolute atomic E-state index is 0. The topological polar surface area (TPSA) is 46.3 Å². The summed E-state index contributed by atoms with van der Waals surface area (Å²) in [4.78, 5) is 14.8. The molecule has 0 aromatic carbocycles. The third kappa shape index (κ3) is 4.09. The van der Waals surface area contributed by atoms with Crippen LogP contribution in [0.2, 0.25) is 0 Å². The predicted molar refractivity (Wildman–Crippen MR) is 81.4 cm³/mol. The number of rotatable bonds is 1. The molecule has 0 aromatic rings. The number of nitrogens with zero attached hydrogens (tertiary/aromatic N) is 1. The third-order valence-electron chi connectivity index (χ3n) is 4.88. The van der Waals surface area contributed by atoms with E-state index < -0.39 is 0 Å². The molecular weight excluding hydrogens is 260 g/mol. The molecule has 3 nitrogen and oxygen atoms in total. The van der Waals surface area contributed by atoms with Crippen molar-refractivity contribution in [1.82, 2.24) is 4.90 Å². The highest BCUT2D eigenvalue weighted by Crippen LogP contribution is 2.33. The van der Waals surface area contributed by atoms with E-state index in [1.165, 1.54) is 12.8 Å². The van der Waals surface area contributed by atoms with Crippen LogP contribution in [0, 0.1) is 11.8 Å². The van der Waals surface area contributed by atoms with Crippen molar-refractivity contribution < 1.29 is 4.79 Å². The fourth-order valence-electron chi connectivity index (χ4n) is 3.47. The second-order valence-electron chi connectivity index (χ2n) is 6.67. The summed E-state index contributed by atoms with van der Waals surface area (Å²) in [5.41, 5.74) is 6.06. The van der Waals surface area contributed by atoms with Crippen LogP contribution in [0.25, 0.3) is 0 Å². The number of hydrogen-bond acceptors (Lipinski definition) is 2. The van der Waals surface area contributed by atoms with Gasteiger partial charge in [0.25, 0.3) is 0 Å². The molecule has 0 bridgehead atoms. The minimum Gasteiger partial charge on any atom is -0.342 e. The van der Waals surface area contributed by atoms with Crippen molar-refractivity contribution >= 4 is 18.3 Å². The van der Waals surface area contributed by atoms with Crippen molar-refractivity contribution in [2.75, 3.05) is 13.1 Å². The Balaban J connectivity index is 0.00000180. The lowest BCUT2D eigenvalue weighted by molar-refractivity contribution is -0.138. The van der Waals surface area contributed by atoms with Gasteiger partial charge in [0.1, 0.15) is 0 Å². The third-order valence-corrected chi connectivity index (χ3v) is 4.88. The Morgan fingerprint density at radius 2 is 1.89 bits per heavy atom. The zero-order chi connectivity index (χ0) is 13.2. The Morgan fingerprint density at radius 1 is 1.16 bits per heavy atom. The number of amides is 1. The van der Waals surface area contributed by atoms with E-state index >= 15 is 0 Å². The summed E-state index contributed by atoms with van der Waals surface area (Å²) >= 11 is 0. The van der Waals surface area contributed by atoms with Crippen molar-refractivity contribution in [2.45, 2.75) is 64.3 Å². The quantitative estimate of drug-likeness (QED) is 0.806. The van der Waals surface area contributed by atoms with E-state index in [0.717, 1.165) is 51.1 Å². The highest BCUT2D eigenvalue weighted by molar-refractivity contribution is 5.85. The molecule has 2 aliphatic rings. The standard InChI is InChI=1S/C15H28N2O.ClH/c1-12-6-5-10-17(11-8-12)14(18)13-7-3-4-9-15(13,2)16;/h12-13H,3-11,16H2,1-2H3;1H. The van der Waals surface area contributed by atoms with E-state index in [9.17, 15) is 4.79 Å². The Morgan fingerprint density at radius 3 is 2.58 bits per heavy atom. The SMILES string of the molecule is CC1CCCN(C(=O)C2CCCCC2(C)N)CC1.Cl. The summed E-state index contributed by atoms with van der Waals surface area (Å²) in [5, 5.41) is 0. The van der Waals surface area contributed by atoms with Gasteiger partial charge in [0.05, 0.1) is 5.92 Å². The first-order chi connectivity index (χ1) is 8.50. The van der Waals surface area contributed by atoms with Crippen molar-refractivity contribution in [3.05, 3.63) is 0 Å². The molecule has 1 saturated carbocycles. The zero-order valence-corrected chi connectivity index (χ0v) is 13.2. The molecule has 1 saturated heterocycles. The monoisotopic (exact) mass is 288 g/mol. The highest BCUT2D eigenvalue weighted by atomic mass is 35.5. The summed E-state index contributed by atoms with van der Waals surface area (Å²) in [5.74, 6) is 1.15. The van der Waals surface area contributed by atoms with Gasteiger partial charge < -0.3 is 10.6 Å². The zero-order valence-electron chi connectivity index (χ0n) is 12.4. The van der Waals surface area contributed by atoms with E-state index in [4.69, 9.17) is 5.73 Å². The highest BCUT2D eigenvalue weighted by Gasteiger charge is 2.39. The lowest BCUT2D eigenvalue weighted by Gasteiger charge is -2.39. The van der Waals surface area contributed by atoms with Crippen LogP contribution in [-0.2, 0) is 4.79 Å². The lowest BCUT2D eigenvalue weighted by Crippen LogP contribution is -2.53. The van der Waals surface area contributed by atoms with Crippen LogP contribution in [0.15, 0.2) is 0 Å². The van der Waals surface area contributed by atoms with Gasteiger partial charge in [-0.3, -0.25) is 4.79 Å². The average Bonchev–Trinajstić information content (AvgIpc) is 2.53. The molecule has 0 radical (unpaired) electrons. The van der Waals surface area contributed by atoms with Crippen LogP contribution in [0.5, 0.6) is 0 Å². The maximum Gasteiger partial charge on any atom is 0.227 e. The van der Waals surface area contributed by atoms with E-state index in [-0.39, 0.29) is 23.9 Å². The molecule has 2 N–H and O–H groups in total. The number of carbonyl (C=O) groups excluding carboxylic acids is 1. The van der Waals surface area contributed by atoms with E-state index in [1.54, 1.807) is 0 Å². The number of nitrogens with two attached hydrogens (primary N) is 1. The second kappa shape index (κ2) is 6.94. The molecule has 19 heavy (non-hydrogen) atoms. The van der Waals surface area contributed by atoms with Gasteiger partial charge >= 0.3 is 0 Å². The van der Waals surface area contributed by atoms with Gasteiger partial charge in [0.2, 0.25) is 5.91 Å². The molecule has 2 rings (SSSR count). The van der Waals surface area contributed by atoms with E-state index in [1.807, 2.05) is 0 Å². The van der Waals surface area contributed by atoms with Gasteiger partial charge in [-0.25, -0.2) is 0 Å². The first-order valence-corrected chi connectivity index (χ1v) is 7.58. The first-order valence-electron chi connectivity index (χ1n) is 7.58. The number of likely N-dealkylation sites (tertiary alicyclic amines) is 1. The van der Waals surface area contributed by atoms with Crippen molar-refractivity contribution in [1.29, 1.82) is 0 Å². The summed E-state index contributed by atoms with van der Waals surface area (Å²) < 4.78 is 0. The largest absolute Gasteiger partial charge is 0.342 e. The van der Waals surface area contributed by atoms with Crippen LogP contribution in [0.4, 0.5) is 0 Å². The maximum atomic E-state index is 12.7. The minimum atomic E-state index is -0.284. The molecule has 3 unspecified atom stereocenters. The predicted octanol–water partition coefficient (Wildman–Crippen LogP) is 2.96. The number of halogens is 1. The Hall–Kier alpha value is -0.280. The maximum absolute atomic E-state index is 12.7. The molecule has 1 aliphatic heterocycles. The molecule has 3 atom stereocenters. The molecule has 4 heteroatoms. The Kier molecular flexibility index (Phi) is 6.13. The molecular formula is C15H29ClN2O. The molecule has 1 heterocycles. The van der Waals surface area contributed by atoms with Crippen LogP contribution in [0.3, 0.4) is 0 Å². The van der Waals surface area contributed by atoms with Gasteiger partial charge in [-0.05, 0) is 44.9 Å². The molecule has 0 aromatic heterocycles. The Labute approximate surface area is 123 Å². The molecule has 1 aliphatic carbocycles. The molecule has 1 amide bonds. The Bertz CT molecular complexity index is 307. The van der Waals surface area contributed by atoms with Crippen molar-refractivity contribution in [3.63, 3.8) is 0 Å². The van der Waals surface area contributed by atoms with E-state index in [0.29, 0.717) is 5.91 Å². The van der Waals surface area contributed by atoms with Crippen molar-refractivity contribution in [2.24, 2.45) is 17.6 Å². The van der Waals surface area contributed by atoms with Gasteiger partial charge in [0.15, 0.2) is 0 Å². The van der Waals surface area contributed by atoms with Crippen LogP contribution in [-0.4, -0.2) is 29.4 Å². The van der Waals surface area contributed by atoms with Crippen LogP contribution in [0.1, 0.15) is 58.8 Å². The van der Waals surface area contributed by atoms with E-state index in [2.05, 4.69) is 18.7 Å². The van der Waals surface area contributed by atoms with Crippen LogP contribution < -0.4 is 5.73 Å². The summed E-state index contributed by atoms with van der Waals surface area (Å²) in [7, 11) is 0. The molecule has 2 fully saturated rings. The fraction of sp³-hybridized carbons (Fsp3) is 0.933. The summed E-state index contributed by atoms with van der Waals surface area (Å²) in [6.07, 6.45) is 7.88. The lowest BCUT2D eigenvalue weighted by atomic mass is 9.74. The number of hydrogen-bond donors (Lipinski definition) is 1. The van der Waals surface area contributed by atoms with Gasteiger partial charge in [0, 0.05) is 18.6 Å². The van der Waals surface area contributed by atoms with Gasteiger partial charge in [-0.15, -0.1) is 12.4 Å². The number of carbonyl (C=O) groups is 1.